The van der Waals surface area contributed by atoms with E-state index in [-0.39, 0.29) is 0 Å². The Morgan fingerprint density at radius 2 is 1.05 bits per heavy atom. The molecule has 8 rings (SSSR count). The number of fused-ring (bicyclic) bond motifs is 8. The van der Waals surface area contributed by atoms with Crippen LogP contribution in [0, 0.1) is 0 Å². The van der Waals surface area contributed by atoms with Gasteiger partial charge in [0, 0.05) is 0 Å². The standard InChI is InChI=1S/C36H23NSe/c1-2-10-28(11-3-1)37(29-19-16-24-8-4-5-9-27(24)22-29)30-20-17-25-14-15-26-18-21-32-31-12-6-7-13-34(31)38-36(32)35(26)33(25)23-30/h1-23H. The summed E-state index contributed by atoms with van der Waals surface area (Å²) in [6.07, 6.45) is 0. The monoisotopic (exact) mass is 549 g/mol. The molecule has 8 aromatic rings. The van der Waals surface area contributed by atoms with Crippen LogP contribution in [-0.2, 0) is 0 Å². The number of hydrogen-bond donors (Lipinski definition) is 0. The normalized spacial score (nSPS) is 11.7. The van der Waals surface area contributed by atoms with Crippen molar-refractivity contribution in [1.82, 2.24) is 0 Å². The first-order valence-electron chi connectivity index (χ1n) is 12.9. The molecule has 2 heteroatoms. The molecule has 0 saturated carbocycles. The van der Waals surface area contributed by atoms with Crippen molar-refractivity contribution < 1.29 is 0 Å². The molecule has 0 aliphatic heterocycles. The predicted molar refractivity (Wildman–Crippen MR) is 166 cm³/mol. The van der Waals surface area contributed by atoms with E-state index in [0.29, 0.717) is 14.5 Å². The molecular formula is C36H23NSe. The zero-order valence-corrected chi connectivity index (χ0v) is 22.3. The van der Waals surface area contributed by atoms with E-state index in [1.165, 1.54) is 57.3 Å². The Bertz CT molecular complexity index is 2140. The van der Waals surface area contributed by atoms with Crippen molar-refractivity contribution in [2.75, 3.05) is 4.90 Å². The Morgan fingerprint density at radius 3 is 1.95 bits per heavy atom. The number of nitrogens with zero attached hydrogens (tertiary/aromatic N) is 1. The molecule has 1 nitrogen and oxygen atoms in total. The molecular weight excluding hydrogens is 525 g/mol. The second kappa shape index (κ2) is 8.60. The first kappa shape index (κ1) is 21.7. The van der Waals surface area contributed by atoms with Crippen LogP contribution < -0.4 is 4.90 Å². The van der Waals surface area contributed by atoms with Gasteiger partial charge in [-0.2, -0.15) is 0 Å². The van der Waals surface area contributed by atoms with Gasteiger partial charge in [-0.15, -0.1) is 0 Å². The van der Waals surface area contributed by atoms with Crippen molar-refractivity contribution in [2.24, 2.45) is 0 Å². The molecule has 0 spiro atoms. The maximum atomic E-state index is 2.40. The van der Waals surface area contributed by atoms with Crippen molar-refractivity contribution in [1.29, 1.82) is 0 Å². The SMILES string of the molecule is c1ccc(N(c2ccc3ccccc3c2)c2ccc3ccc4ccc5c6ccccc6[se]c5c4c3c2)cc1. The van der Waals surface area contributed by atoms with Gasteiger partial charge >= 0.3 is 228 Å². The van der Waals surface area contributed by atoms with E-state index < -0.39 is 0 Å². The van der Waals surface area contributed by atoms with Gasteiger partial charge in [0.05, 0.1) is 0 Å². The molecule has 0 fully saturated rings. The van der Waals surface area contributed by atoms with Gasteiger partial charge in [-0.3, -0.25) is 0 Å². The summed E-state index contributed by atoms with van der Waals surface area (Å²) in [4.78, 5) is 2.38. The third-order valence-corrected chi connectivity index (χ3v) is 10.1. The molecule has 1 aromatic heterocycles. The molecule has 0 amide bonds. The van der Waals surface area contributed by atoms with Crippen LogP contribution in [0.3, 0.4) is 0 Å². The van der Waals surface area contributed by atoms with Crippen molar-refractivity contribution >= 4 is 83.2 Å². The van der Waals surface area contributed by atoms with Crippen LogP contribution in [0.15, 0.2) is 140 Å². The zero-order valence-electron chi connectivity index (χ0n) is 20.6. The van der Waals surface area contributed by atoms with Gasteiger partial charge in [0.25, 0.3) is 0 Å². The third-order valence-electron chi connectivity index (χ3n) is 7.59. The average Bonchev–Trinajstić information content (AvgIpc) is 3.36. The molecule has 0 N–H and O–H groups in total. The maximum absolute atomic E-state index is 2.40. The topological polar surface area (TPSA) is 3.24 Å². The summed E-state index contributed by atoms with van der Waals surface area (Å²) in [6, 6.07) is 51.1. The van der Waals surface area contributed by atoms with Crippen molar-refractivity contribution in [3.8, 4) is 0 Å². The summed E-state index contributed by atoms with van der Waals surface area (Å²) < 4.78 is 2.99. The fraction of sp³-hybridized carbons (Fsp3) is 0. The number of hydrogen-bond acceptors (Lipinski definition) is 1. The van der Waals surface area contributed by atoms with E-state index in [9.17, 15) is 0 Å². The van der Waals surface area contributed by atoms with Gasteiger partial charge in [-0.25, -0.2) is 0 Å². The molecule has 0 radical (unpaired) electrons. The van der Waals surface area contributed by atoms with Crippen LogP contribution in [0.5, 0.6) is 0 Å². The molecule has 0 saturated heterocycles. The predicted octanol–water partition coefficient (Wildman–Crippen LogP) is 9.98. The summed E-state index contributed by atoms with van der Waals surface area (Å²) in [7, 11) is 0. The Labute approximate surface area is 226 Å². The fourth-order valence-electron chi connectivity index (χ4n) is 5.79. The second-order valence-corrected chi connectivity index (χ2v) is 12.0. The number of rotatable bonds is 3. The Balaban J connectivity index is 1.42. The second-order valence-electron chi connectivity index (χ2n) is 9.81. The van der Waals surface area contributed by atoms with Crippen molar-refractivity contribution in [3.63, 3.8) is 0 Å². The van der Waals surface area contributed by atoms with E-state index in [4.69, 9.17) is 0 Å². The van der Waals surface area contributed by atoms with Crippen LogP contribution in [0.4, 0.5) is 17.1 Å². The molecule has 0 aliphatic rings. The summed E-state index contributed by atoms with van der Waals surface area (Å²) in [5, 5.41) is 10.6. The van der Waals surface area contributed by atoms with E-state index in [1.54, 1.807) is 0 Å². The minimum atomic E-state index is 0.299. The fourth-order valence-corrected chi connectivity index (χ4v) is 8.46. The number of para-hydroxylation sites is 1. The number of anilines is 3. The van der Waals surface area contributed by atoms with Crippen LogP contribution in [0.2, 0.25) is 0 Å². The van der Waals surface area contributed by atoms with Crippen molar-refractivity contribution in [2.45, 2.75) is 0 Å². The van der Waals surface area contributed by atoms with Crippen LogP contribution in [0.25, 0.3) is 51.6 Å². The van der Waals surface area contributed by atoms with Crippen molar-refractivity contribution in [3.05, 3.63) is 140 Å². The summed E-state index contributed by atoms with van der Waals surface area (Å²) >= 11 is 0.299. The molecule has 0 aliphatic carbocycles. The molecule has 0 bridgehead atoms. The molecule has 1 heterocycles. The molecule has 0 atom stereocenters. The van der Waals surface area contributed by atoms with Gasteiger partial charge in [0.2, 0.25) is 0 Å². The Morgan fingerprint density at radius 1 is 0.395 bits per heavy atom. The van der Waals surface area contributed by atoms with E-state index >= 15 is 0 Å². The summed E-state index contributed by atoms with van der Waals surface area (Å²) in [5.41, 5.74) is 3.49. The molecule has 178 valence electrons. The Hall–Kier alpha value is -4.36. The molecule has 0 unspecified atom stereocenters. The van der Waals surface area contributed by atoms with Gasteiger partial charge in [-0.05, 0) is 0 Å². The zero-order chi connectivity index (χ0) is 25.1. The van der Waals surface area contributed by atoms with Crippen LogP contribution in [-0.4, -0.2) is 14.5 Å². The Kier molecular flexibility index (Phi) is 4.91. The van der Waals surface area contributed by atoms with E-state index in [2.05, 4.69) is 144 Å². The molecule has 38 heavy (non-hydrogen) atoms. The summed E-state index contributed by atoms with van der Waals surface area (Å²) in [6.45, 7) is 0. The number of benzene rings is 7. The molecule has 7 aromatic carbocycles. The third kappa shape index (κ3) is 3.39. The van der Waals surface area contributed by atoms with E-state index in [1.807, 2.05) is 0 Å². The quantitative estimate of drug-likeness (QED) is 0.157. The van der Waals surface area contributed by atoms with Gasteiger partial charge in [0.1, 0.15) is 0 Å². The van der Waals surface area contributed by atoms with Gasteiger partial charge in [0.15, 0.2) is 0 Å². The average molecular weight is 549 g/mol. The summed E-state index contributed by atoms with van der Waals surface area (Å²) in [5.74, 6) is 0. The first-order chi connectivity index (χ1) is 18.8. The minimum absolute atomic E-state index is 0.299. The van der Waals surface area contributed by atoms with Gasteiger partial charge in [-0.1, -0.05) is 0 Å². The first-order valence-corrected chi connectivity index (χ1v) is 14.7. The van der Waals surface area contributed by atoms with Crippen LogP contribution in [0.1, 0.15) is 0 Å². The van der Waals surface area contributed by atoms with Crippen LogP contribution >= 0.6 is 0 Å². The van der Waals surface area contributed by atoms with Gasteiger partial charge < -0.3 is 0 Å². The van der Waals surface area contributed by atoms with E-state index in [0.717, 1.165) is 11.4 Å².